The van der Waals surface area contributed by atoms with Crippen molar-refractivity contribution >= 4 is 28.5 Å². The summed E-state index contributed by atoms with van der Waals surface area (Å²) in [6.45, 7) is 1.37. The number of amides is 2. The van der Waals surface area contributed by atoms with Crippen molar-refractivity contribution in [2.45, 2.75) is 19.1 Å². The van der Waals surface area contributed by atoms with Gasteiger partial charge in [-0.1, -0.05) is 12.1 Å². The first-order valence-corrected chi connectivity index (χ1v) is 12.4. The minimum Gasteiger partial charge on any atom is -0.338 e. The quantitative estimate of drug-likeness (QED) is 0.266. The molecule has 1 aliphatic rings. The fourth-order valence-electron chi connectivity index (χ4n) is 4.51. The minimum absolute atomic E-state index is 0.0248. The van der Waals surface area contributed by atoms with Gasteiger partial charge < -0.3 is 9.80 Å². The number of hydrogen-bond donors (Lipinski definition) is 0. The Bertz CT molecular complexity index is 1580. The molecule has 0 N–H and O–H groups in total. The van der Waals surface area contributed by atoms with E-state index in [1.807, 2.05) is 0 Å². The third-order valence-corrected chi connectivity index (χ3v) is 6.61. The number of halogens is 4. The Hall–Kier alpha value is -4.61. The van der Waals surface area contributed by atoms with Crippen LogP contribution in [0.15, 0.2) is 66.9 Å². The summed E-state index contributed by atoms with van der Waals surface area (Å²) in [6.07, 6.45) is -3.12. The standard InChI is InChI=1S/C28H23F4N5O3/c29-21-7-5-19(6-8-21)27(40)36-12-10-35(11-13-36)26(39)17-37-16-20-14-18(4-9-22(20)34-37)15-24(38)23-2-1-3-25(33-23)28(30,31)32/h1-9,14,16H,10-13,15,17H2. The van der Waals surface area contributed by atoms with Crippen molar-refractivity contribution in [3.63, 3.8) is 0 Å². The summed E-state index contributed by atoms with van der Waals surface area (Å²) in [7, 11) is 0. The predicted octanol–water partition coefficient (Wildman–Crippen LogP) is 4.00. The highest BCUT2D eigenvalue weighted by atomic mass is 19.4. The number of alkyl halides is 3. The SMILES string of the molecule is O=C(Cc1ccc2nn(CC(=O)N3CCN(C(=O)c4ccc(F)cc4)CC3)cc2c1)c1cccc(C(F)(F)F)n1. The van der Waals surface area contributed by atoms with Crippen LogP contribution in [-0.4, -0.2) is 68.3 Å². The topological polar surface area (TPSA) is 88.4 Å². The van der Waals surface area contributed by atoms with Gasteiger partial charge >= 0.3 is 6.18 Å². The molecule has 0 saturated carbocycles. The average Bonchev–Trinajstić information content (AvgIpc) is 3.34. The molecule has 3 heterocycles. The van der Waals surface area contributed by atoms with Gasteiger partial charge in [-0.2, -0.15) is 18.3 Å². The normalized spacial score (nSPS) is 14.0. The molecule has 5 rings (SSSR count). The Labute approximate surface area is 225 Å². The largest absolute Gasteiger partial charge is 0.433 e. The zero-order valence-electron chi connectivity index (χ0n) is 21.1. The van der Waals surface area contributed by atoms with Crippen LogP contribution >= 0.6 is 0 Å². The zero-order chi connectivity index (χ0) is 28.4. The van der Waals surface area contributed by atoms with Gasteiger partial charge in [0.2, 0.25) is 5.91 Å². The first kappa shape index (κ1) is 27.0. The summed E-state index contributed by atoms with van der Waals surface area (Å²) in [4.78, 5) is 44.8. The van der Waals surface area contributed by atoms with Crippen LogP contribution < -0.4 is 0 Å². The van der Waals surface area contributed by atoms with Crippen LogP contribution in [0.25, 0.3) is 10.9 Å². The van der Waals surface area contributed by atoms with E-state index < -0.39 is 23.5 Å². The molecule has 0 atom stereocenters. The Morgan fingerprint density at radius 1 is 0.875 bits per heavy atom. The number of fused-ring (bicyclic) bond motifs is 1. The van der Waals surface area contributed by atoms with E-state index in [9.17, 15) is 31.9 Å². The highest BCUT2D eigenvalue weighted by Gasteiger charge is 2.33. The lowest BCUT2D eigenvalue weighted by Gasteiger charge is -2.34. The van der Waals surface area contributed by atoms with E-state index in [-0.39, 0.29) is 30.5 Å². The predicted molar refractivity (Wildman–Crippen MR) is 136 cm³/mol. The molecule has 1 fully saturated rings. The van der Waals surface area contributed by atoms with Crippen LogP contribution in [0.5, 0.6) is 0 Å². The summed E-state index contributed by atoms with van der Waals surface area (Å²) in [5, 5.41) is 5.08. The van der Waals surface area contributed by atoms with Crippen molar-refractivity contribution in [2.24, 2.45) is 0 Å². The van der Waals surface area contributed by atoms with Crippen molar-refractivity contribution in [1.29, 1.82) is 0 Å². The van der Waals surface area contributed by atoms with Gasteiger partial charge in [0.25, 0.3) is 5.91 Å². The van der Waals surface area contributed by atoms with Crippen molar-refractivity contribution in [3.8, 4) is 0 Å². The average molecular weight is 554 g/mol. The third-order valence-electron chi connectivity index (χ3n) is 6.61. The van der Waals surface area contributed by atoms with E-state index in [2.05, 4.69) is 10.1 Å². The third kappa shape index (κ3) is 6.00. The van der Waals surface area contributed by atoms with E-state index in [1.54, 1.807) is 34.2 Å². The van der Waals surface area contributed by atoms with Crippen molar-refractivity contribution in [1.82, 2.24) is 24.6 Å². The van der Waals surface area contributed by atoms with Crippen molar-refractivity contribution in [2.75, 3.05) is 26.2 Å². The van der Waals surface area contributed by atoms with Gasteiger partial charge in [0.15, 0.2) is 5.78 Å². The second-order valence-electron chi connectivity index (χ2n) is 9.41. The maximum Gasteiger partial charge on any atom is 0.433 e. The molecule has 4 aromatic rings. The van der Waals surface area contributed by atoms with Gasteiger partial charge in [-0.3, -0.25) is 19.1 Å². The van der Waals surface area contributed by atoms with Crippen molar-refractivity contribution in [3.05, 3.63) is 95.2 Å². The summed E-state index contributed by atoms with van der Waals surface area (Å²) >= 11 is 0. The Balaban J connectivity index is 1.19. The fourth-order valence-corrected chi connectivity index (χ4v) is 4.51. The van der Waals surface area contributed by atoms with Gasteiger partial charge in [0, 0.05) is 49.7 Å². The molecule has 2 amide bonds. The highest BCUT2D eigenvalue weighted by Crippen LogP contribution is 2.27. The van der Waals surface area contributed by atoms with Crippen LogP contribution in [0.1, 0.15) is 32.1 Å². The molecule has 0 bridgehead atoms. The number of pyridine rings is 1. The molecule has 2 aromatic carbocycles. The van der Waals surface area contributed by atoms with Gasteiger partial charge in [-0.15, -0.1) is 0 Å². The number of rotatable bonds is 6. The Morgan fingerprint density at radius 3 is 2.27 bits per heavy atom. The number of piperazine rings is 1. The first-order chi connectivity index (χ1) is 19.1. The van der Waals surface area contributed by atoms with E-state index in [4.69, 9.17) is 0 Å². The molecule has 40 heavy (non-hydrogen) atoms. The van der Waals surface area contributed by atoms with Crippen LogP contribution in [0, 0.1) is 5.82 Å². The zero-order valence-corrected chi connectivity index (χ0v) is 21.1. The van der Waals surface area contributed by atoms with Crippen LogP contribution in [0.4, 0.5) is 17.6 Å². The maximum atomic E-state index is 13.1. The molecule has 1 saturated heterocycles. The molecule has 0 spiro atoms. The number of benzene rings is 2. The molecular formula is C28H23F4N5O3. The molecular weight excluding hydrogens is 530 g/mol. The molecule has 0 aliphatic carbocycles. The van der Waals surface area contributed by atoms with Crippen LogP contribution in [0.3, 0.4) is 0 Å². The number of aromatic nitrogens is 3. The van der Waals surface area contributed by atoms with Gasteiger partial charge in [0.05, 0.1) is 5.52 Å². The molecule has 0 unspecified atom stereocenters. The Kier molecular flexibility index (Phi) is 7.33. The molecule has 12 heteroatoms. The molecule has 0 radical (unpaired) electrons. The lowest BCUT2D eigenvalue weighted by atomic mass is 10.0. The second-order valence-corrected chi connectivity index (χ2v) is 9.41. The fraction of sp³-hybridized carbons (Fsp3) is 0.250. The summed E-state index contributed by atoms with van der Waals surface area (Å²) in [5.41, 5.74) is 0.160. The summed E-state index contributed by atoms with van der Waals surface area (Å²) in [6, 6.07) is 13.6. The van der Waals surface area contributed by atoms with E-state index in [0.29, 0.717) is 48.2 Å². The van der Waals surface area contributed by atoms with Crippen molar-refractivity contribution < 1.29 is 31.9 Å². The Morgan fingerprint density at radius 2 is 1.57 bits per heavy atom. The summed E-state index contributed by atoms with van der Waals surface area (Å²) in [5.74, 6) is -1.36. The van der Waals surface area contributed by atoms with Gasteiger partial charge in [-0.05, 0) is 54.1 Å². The second kappa shape index (κ2) is 10.9. The van der Waals surface area contributed by atoms with E-state index in [1.165, 1.54) is 35.0 Å². The molecule has 2 aromatic heterocycles. The lowest BCUT2D eigenvalue weighted by Crippen LogP contribution is -2.51. The number of carbonyl (C=O) groups excluding carboxylic acids is 3. The van der Waals surface area contributed by atoms with E-state index in [0.717, 1.165) is 12.1 Å². The molecule has 1 aliphatic heterocycles. The maximum absolute atomic E-state index is 13.1. The monoisotopic (exact) mass is 553 g/mol. The molecule has 206 valence electrons. The summed E-state index contributed by atoms with van der Waals surface area (Å²) < 4.78 is 53.4. The van der Waals surface area contributed by atoms with E-state index >= 15 is 0 Å². The number of Topliss-reactive ketones (excluding diaryl/α,β-unsaturated/α-hetero) is 1. The highest BCUT2D eigenvalue weighted by molar-refractivity contribution is 5.96. The lowest BCUT2D eigenvalue weighted by molar-refractivity contribution is -0.141. The first-order valence-electron chi connectivity index (χ1n) is 12.4. The minimum atomic E-state index is -4.64. The number of carbonyl (C=O) groups is 3. The molecule has 8 nitrogen and oxygen atoms in total. The van der Waals surface area contributed by atoms with Gasteiger partial charge in [-0.25, -0.2) is 9.37 Å². The van der Waals surface area contributed by atoms with Crippen LogP contribution in [-0.2, 0) is 23.9 Å². The smallest absolute Gasteiger partial charge is 0.338 e. The van der Waals surface area contributed by atoms with Gasteiger partial charge in [0.1, 0.15) is 23.7 Å². The van der Waals surface area contributed by atoms with Crippen LogP contribution in [0.2, 0.25) is 0 Å². The number of hydrogen-bond acceptors (Lipinski definition) is 5. The number of nitrogens with zero attached hydrogens (tertiary/aromatic N) is 5. The number of ketones is 1.